The van der Waals surface area contributed by atoms with E-state index in [0.717, 1.165) is 12.1 Å². The molecule has 0 aliphatic rings. The van der Waals surface area contributed by atoms with Crippen LogP contribution < -0.4 is 0 Å². The second-order valence-electron chi connectivity index (χ2n) is 5.43. The summed E-state index contributed by atoms with van der Waals surface area (Å²) < 4.78 is 2.29. The quantitative estimate of drug-likeness (QED) is 0.612. The molecule has 104 valence electrons. The molecule has 1 aromatic carbocycles. The molecule has 0 unspecified atom stereocenters. The average Bonchev–Trinajstić information content (AvgIpc) is 2.82. The Morgan fingerprint density at radius 2 is 1.79 bits per heavy atom. The minimum Gasteiger partial charge on any atom is -0.331 e. The van der Waals surface area contributed by atoms with Crippen LogP contribution in [0, 0.1) is 0 Å². The lowest BCUT2D eigenvalue weighted by Gasteiger charge is -2.04. The van der Waals surface area contributed by atoms with Gasteiger partial charge in [-0.1, -0.05) is 45.6 Å². The van der Waals surface area contributed by atoms with Crippen molar-refractivity contribution < 1.29 is 0 Å². The van der Waals surface area contributed by atoms with Crippen LogP contribution in [-0.4, -0.2) is 9.55 Å². The van der Waals surface area contributed by atoms with E-state index in [1.165, 1.54) is 56.0 Å². The molecule has 0 saturated heterocycles. The lowest BCUT2D eigenvalue weighted by molar-refractivity contribution is 0.613. The first kappa shape index (κ1) is 14.1. The minimum atomic E-state index is 1.10. The predicted octanol–water partition coefficient (Wildman–Crippen LogP) is 4.96. The smallest absolute Gasteiger partial charge is 0.0958 e. The Balaban J connectivity index is 2.03. The van der Waals surface area contributed by atoms with Gasteiger partial charge in [-0.25, -0.2) is 4.98 Å². The van der Waals surface area contributed by atoms with Crippen LogP contribution in [-0.2, 0) is 13.0 Å². The van der Waals surface area contributed by atoms with E-state index in [0.29, 0.717) is 0 Å². The van der Waals surface area contributed by atoms with Gasteiger partial charge in [-0.15, -0.1) is 0 Å². The summed E-state index contributed by atoms with van der Waals surface area (Å²) in [5.74, 6) is 0. The maximum Gasteiger partial charge on any atom is 0.0958 e. The molecule has 0 amide bonds. The molecule has 2 heteroatoms. The molecule has 0 aliphatic heterocycles. The topological polar surface area (TPSA) is 17.8 Å². The molecule has 0 saturated carbocycles. The molecule has 1 heterocycles. The fourth-order valence-electron chi connectivity index (χ4n) is 2.55. The van der Waals surface area contributed by atoms with Gasteiger partial charge in [0.05, 0.1) is 17.4 Å². The van der Waals surface area contributed by atoms with E-state index in [9.17, 15) is 0 Å². The third-order valence-electron chi connectivity index (χ3n) is 3.76. The van der Waals surface area contributed by atoms with Gasteiger partial charge in [0.15, 0.2) is 0 Å². The molecule has 1 aromatic heterocycles. The van der Waals surface area contributed by atoms with Gasteiger partial charge < -0.3 is 4.57 Å². The molecular weight excluding hydrogens is 232 g/mol. The highest BCUT2D eigenvalue weighted by molar-refractivity contribution is 5.76. The molecule has 2 nitrogen and oxygen atoms in total. The molecule has 0 radical (unpaired) electrons. The summed E-state index contributed by atoms with van der Waals surface area (Å²) in [4.78, 5) is 4.55. The number of benzene rings is 1. The lowest BCUT2D eigenvalue weighted by atomic mass is 10.1. The zero-order valence-corrected chi connectivity index (χ0v) is 12.4. The molecular formula is C17H26N2. The standard InChI is InChI=1S/C17H26N2/c1-3-5-7-9-15-10-11-17-16(13-15)18-14-19(17)12-8-6-4-2/h10-11,13-14H,3-9,12H2,1-2H3. The fraction of sp³-hybridized carbons (Fsp3) is 0.588. The summed E-state index contributed by atoms with van der Waals surface area (Å²) >= 11 is 0. The van der Waals surface area contributed by atoms with Crippen molar-refractivity contribution >= 4 is 11.0 Å². The minimum absolute atomic E-state index is 1.10. The SMILES string of the molecule is CCCCCc1ccc2c(c1)ncn2CCCCC. The van der Waals surface area contributed by atoms with Gasteiger partial charge >= 0.3 is 0 Å². The zero-order valence-electron chi connectivity index (χ0n) is 12.4. The van der Waals surface area contributed by atoms with E-state index in [1.54, 1.807) is 0 Å². The Morgan fingerprint density at radius 3 is 2.58 bits per heavy atom. The van der Waals surface area contributed by atoms with Crippen molar-refractivity contribution in [1.29, 1.82) is 0 Å². The van der Waals surface area contributed by atoms with Crippen molar-refractivity contribution in [3.05, 3.63) is 30.1 Å². The Labute approximate surface area is 116 Å². The van der Waals surface area contributed by atoms with E-state index in [1.807, 2.05) is 6.33 Å². The molecule has 0 spiro atoms. The molecule has 0 bridgehead atoms. The first-order chi connectivity index (χ1) is 9.35. The summed E-state index contributed by atoms with van der Waals surface area (Å²) in [5, 5.41) is 0. The Bertz CT molecular complexity index is 499. The van der Waals surface area contributed by atoms with Gasteiger partial charge in [-0.05, 0) is 37.0 Å². The van der Waals surface area contributed by atoms with E-state index < -0.39 is 0 Å². The summed E-state index contributed by atoms with van der Waals surface area (Å²) in [7, 11) is 0. The number of hydrogen-bond donors (Lipinski definition) is 0. The highest BCUT2D eigenvalue weighted by Gasteiger charge is 2.03. The highest BCUT2D eigenvalue weighted by Crippen LogP contribution is 2.17. The third kappa shape index (κ3) is 3.82. The third-order valence-corrected chi connectivity index (χ3v) is 3.76. The van der Waals surface area contributed by atoms with Crippen molar-refractivity contribution in [2.24, 2.45) is 0 Å². The van der Waals surface area contributed by atoms with Crippen LogP contribution in [0.1, 0.15) is 57.9 Å². The van der Waals surface area contributed by atoms with Gasteiger partial charge in [0.1, 0.15) is 0 Å². The number of aryl methyl sites for hydroxylation is 2. The van der Waals surface area contributed by atoms with Gasteiger partial charge in [-0.2, -0.15) is 0 Å². The highest BCUT2D eigenvalue weighted by atomic mass is 15.0. The number of nitrogens with zero attached hydrogens (tertiary/aromatic N) is 2. The molecule has 0 fully saturated rings. The Hall–Kier alpha value is -1.31. The van der Waals surface area contributed by atoms with E-state index in [4.69, 9.17) is 0 Å². The van der Waals surface area contributed by atoms with Crippen LogP contribution in [0.5, 0.6) is 0 Å². The molecule has 2 rings (SSSR count). The Kier molecular flexibility index (Phi) is 5.44. The normalized spacial score (nSPS) is 11.3. The van der Waals surface area contributed by atoms with Crippen LogP contribution in [0.25, 0.3) is 11.0 Å². The fourth-order valence-corrected chi connectivity index (χ4v) is 2.55. The van der Waals surface area contributed by atoms with Crippen LogP contribution >= 0.6 is 0 Å². The summed E-state index contributed by atoms with van der Waals surface area (Å²) in [6.07, 6.45) is 10.9. The van der Waals surface area contributed by atoms with Crippen molar-refractivity contribution in [3.63, 3.8) is 0 Å². The van der Waals surface area contributed by atoms with Crippen molar-refractivity contribution in [2.45, 2.75) is 65.3 Å². The molecule has 19 heavy (non-hydrogen) atoms. The monoisotopic (exact) mass is 258 g/mol. The van der Waals surface area contributed by atoms with E-state index in [-0.39, 0.29) is 0 Å². The van der Waals surface area contributed by atoms with Crippen LogP contribution in [0.15, 0.2) is 24.5 Å². The maximum absolute atomic E-state index is 4.55. The van der Waals surface area contributed by atoms with Gasteiger partial charge in [0.25, 0.3) is 0 Å². The summed E-state index contributed by atoms with van der Waals surface area (Å²) in [5.41, 5.74) is 3.88. The Morgan fingerprint density at radius 1 is 1.00 bits per heavy atom. The number of hydrogen-bond acceptors (Lipinski definition) is 1. The maximum atomic E-state index is 4.55. The number of aromatic nitrogens is 2. The molecule has 0 atom stereocenters. The summed E-state index contributed by atoms with van der Waals surface area (Å²) in [6, 6.07) is 6.78. The van der Waals surface area contributed by atoms with Crippen LogP contribution in [0.3, 0.4) is 0 Å². The molecule has 2 aromatic rings. The van der Waals surface area contributed by atoms with Crippen LogP contribution in [0.2, 0.25) is 0 Å². The largest absolute Gasteiger partial charge is 0.331 e. The lowest BCUT2D eigenvalue weighted by Crippen LogP contribution is -1.95. The van der Waals surface area contributed by atoms with Crippen molar-refractivity contribution in [1.82, 2.24) is 9.55 Å². The number of fused-ring (bicyclic) bond motifs is 1. The number of imidazole rings is 1. The summed E-state index contributed by atoms with van der Waals surface area (Å²) in [6.45, 7) is 5.59. The molecule has 0 aliphatic carbocycles. The number of unbranched alkanes of at least 4 members (excludes halogenated alkanes) is 4. The first-order valence-corrected chi connectivity index (χ1v) is 7.79. The second kappa shape index (κ2) is 7.32. The van der Waals surface area contributed by atoms with Crippen molar-refractivity contribution in [3.8, 4) is 0 Å². The van der Waals surface area contributed by atoms with Crippen molar-refractivity contribution in [2.75, 3.05) is 0 Å². The van der Waals surface area contributed by atoms with Gasteiger partial charge in [0, 0.05) is 6.54 Å². The van der Waals surface area contributed by atoms with Gasteiger partial charge in [0.2, 0.25) is 0 Å². The second-order valence-corrected chi connectivity index (χ2v) is 5.43. The van der Waals surface area contributed by atoms with Crippen LogP contribution in [0.4, 0.5) is 0 Å². The van der Waals surface area contributed by atoms with E-state index in [2.05, 4.69) is 41.6 Å². The molecule has 0 N–H and O–H groups in total. The zero-order chi connectivity index (χ0) is 13.5. The average molecular weight is 258 g/mol. The van der Waals surface area contributed by atoms with Gasteiger partial charge in [-0.3, -0.25) is 0 Å². The number of rotatable bonds is 8. The first-order valence-electron chi connectivity index (χ1n) is 7.79. The van der Waals surface area contributed by atoms with E-state index >= 15 is 0 Å². The predicted molar refractivity (Wildman–Crippen MR) is 82.5 cm³/mol.